The van der Waals surface area contributed by atoms with Crippen molar-refractivity contribution in [1.82, 2.24) is 0 Å². The number of hydrogen-bond donors (Lipinski definition) is 0. The summed E-state index contributed by atoms with van der Waals surface area (Å²) in [7, 11) is 0. The van der Waals surface area contributed by atoms with Crippen molar-refractivity contribution in [3.05, 3.63) is 88.5 Å². The van der Waals surface area contributed by atoms with Crippen molar-refractivity contribution in [2.24, 2.45) is 0 Å². The lowest BCUT2D eigenvalue weighted by molar-refractivity contribution is -0.384. The Labute approximate surface area is 177 Å². The molecule has 3 rings (SSSR count). The van der Waals surface area contributed by atoms with Crippen LogP contribution >= 0.6 is 0 Å². The van der Waals surface area contributed by atoms with Gasteiger partial charge in [-0.1, -0.05) is 50.2 Å². The fourth-order valence-corrected chi connectivity index (χ4v) is 3.20. The zero-order chi connectivity index (χ0) is 21.5. The summed E-state index contributed by atoms with van der Waals surface area (Å²) in [5.74, 6) is 2.06. The van der Waals surface area contributed by atoms with Crippen molar-refractivity contribution < 1.29 is 14.4 Å². The molecule has 5 nitrogen and oxygen atoms in total. The predicted octanol–water partition coefficient (Wildman–Crippen LogP) is 6.62. The lowest BCUT2D eigenvalue weighted by Gasteiger charge is -2.16. The molecule has 0 amide bonds. The van der Waals surface area contributed by atoms with Gasteiger partial charge in [0.2, 0.25) is 0 Å². The smallest absolute Gasteiger partial charge is 0.277 e. The topological polar surface area (TPSA) is 61.6 Å². The van der Waals surface area contributed by atoms with Crippen molar-refractivity contribution in [3.63, 3.8) is 0 Å². The Morgan fingerprint density at radius 1 is 0.900 bits per heavy atom. The summed E-state index contributed by atoms with van der Waals surface area (Å²) in [6, 6.07) is 22.2. The summed E-state index contributed by atoms with van der Waals surface area (Å²) < 4.78 is 11.8. The van der Waals surface area contributed by atoms with E-state index in [0.29, 0.717) is 23.8 Å². The Kier molecular flexibility index (Phi) is 7.07. The van der Waals surface area contributed by atoms with Crippen molar-refractivity contribution in [2.75, 3.05) is 6.61 Å². The molecule has 0 aliphatic rings. The van der Waals surface area contributed by atoms with Crippen LogP contribution in [0.25, 0.3) is 11.1 Å². The second kappa shape index (κ2) is 9.92. The summed E-state index contributed by atoms with van der Waals surface area (Å²) in [6.45, 7) is 6.77. The van der Waals surface area contributed by atoms with Gasteiger partial charge in [0.15, 0.2) is 0 Å². The summed E-state index contributed by atoms with van der Waals surface area (Å²) in [5.41, 5.74) is 2.77. The van der Waals surface area contributed by atoms with Crippen molar-refractivity contribution in [3.8, 4) is 22.6 Å². The normalized spacial score (nSPS) is 12.8. The molecule has 30 heavy (non-hydrogen) atoms. The van der Waals surface area contributed by atoms with Crippen LogP contribution in [0.1, 0.15) is 38.7 Å². The number of para-hydroxylation sites is 1. The molecule has 0 heterocycles. The van der Waals surface area contributed by atoms with Gasteiger partial charge in [-0.3, -0.25) is 10.1 Å². The number of nitro groups is 1. The lowest BCUT2D eigenvalue weighted by Crippen LogP contribution is -2.21. The third-order valence-electron chi connectivity index (χ3n) is 5.15. The monoisotopic (exact) mass is 405 g/mol. The minimum Gasteiger partial charge on any atom is -0.490 e. The van der Waals surface area contributed by atoms with Crippen molar-refractivity contribution in [1.29, 1.82) is 0 Å². The molecule has 0 fully saturated rings. The van der Waals surface area contributed by atoms with Crippen LogP contribution < -0.4 is 9.47 Å². The Hall–Kier alpha value is -3.34. The first-order valence-electron chi connectivity index (χ1n) is 10.2. The standard InChI is InChI=1S/C25H27NO4/c1-4-18(2)20-9-13-22(14-10-20)29-17-19(3)30-23-15-11-21(12-16-23)24-7-5-6-8-25(24)26(27)28/h5-16,18-19H,4,17H2,1-3H3. The van der Waals surface area contributed by atoms with Gasteiger partial charge in [-0.15, -0.1) is 0 Å². The first-order valence-corrected chi connectivity index (χ1v) is 10.2. The van der Waals surface area contributed by atoms with Gasteiger partial charge in [0, 0.05) is 6.07 Å². The highest BCUT2D eigenvalue weighted by Gasteiger charge is 2.14. The van der Waals surface area contributed by atoms with Crippen LogP contribution in [0.3, 0.4) is 0 Å². The molecule has 0 aromatic heterocycles. The SMILES string of the molecule is CCC(C)c1ccc(OCC(C)Oc2ccc(-c3ccccc3[N+](=O)[O-])cc2)cc1. The van der Waals surface area contributed by atoms with Gasteiger partial charge >= 0.3 is 0 Å². The molecule has 0 radical (unpaired) electrons. The van der Waals surface area contributed by atoms with E-state index < -0.39 is 0 Å². The Morgan fingerprint density at radius 3 is 2.17 bits per heavy atom. The van der Waals surface area contributed by atoms with Crippen LogP contribution in [0.2, 0.25) is 0 Å². The number of benzene rings is 3. The number of ether oxygens (including phenoxy) is 2. The fraction of sp³-hybridized carbons (Fsp3) is 0.280. The summed E-state index contributed by atoms with van der Waals surface area (Å²) in [6.07, 6.45) is 0.970. The molecule has 0 saturated carbocycles. The zero-order valence-electron chi connectivity index (χ0n) is 17.6. The van der Waals surface area contributed by atoms with Crippen LogP contribution in [-0.4, -0.2) is 17.6 Å². The maximum Gasteiger partial charge on any atom is 0.277 e. The van der Waals surface area contributed by atoms with Crippen LogP contribution in [0.4, 0.5) is 5.69 Å². The second-order valence-electron chi connectivity index (χ2n) is 7.42. The molecule has 0 aliphatic carbocycles. The number of nitro benzene ring substituents is 1. The molecular formula is C25H27NO4. The molecule has 3 aromatic carbocycles. The van der Waals surface area contributed by atoms with E-state index in [4.69, 9.17) is 9.47 Å². The Balaban J connectivity index is 1.57. The van der Waals surface area contributed by atoms with Crippen molar-refractivity contribution in [2.45, 2.75) is 39.2 Å². The van der Waals surface area contributed by atoms with Gasteiger partial charge in [-0.2, -0.15) is 0 Å². The summed E-state index contributed by atoms with van der Waals surface area (Å²) >= 11 is 0. The lowest BCUT2D eigenvalue weighted by atomic mass is 9.99. The highest BCUT2D eigenvalue weighted by molar-refractivity contribution is 5.73. The Bertz CT molecular complexity index is 967. The third kappa shape index (κ3) is 5.38. The summed E-state index contributed by atoms with van der Waals surface area (Å²) in [4.78, 5) is 10.9. The van der Waals surface area contributed by atoms with Gasteiger partial charge in [0.1, 0.15) is 24.2 Å². The van der Waals surface area contributed by atoms with Gasteiger partial charge in [-0.25, -0.2) is 0 Å². The molecule has 0 N–H and O–H groups in total. The minimum atomic E-state index is -0.366. The first kappa shape index (κ1) is 21.4. The number of nitrogens with zero attached hydrogens (tertiary/aromatic N) is 1. The molecule has 0 bridgehead atoms. The maximum atomic E-state index is 11.2. The molecule has 0 saturated heterocycles. The van der Waals surface area contributed by atoms with Gasteiger partial charge in [0.05, 0.1) is 10.5 Å². The van der Waals surface area contributed by atoms with Gasteiger partial charge in [0.25, 0.3) is 5.69 Å². The van der Waals surface area contributed by atoms with E-state index in [0.717, 1.165) is 17.7 Å². The van der Waals surface area contributed by atoms with E-state index >= 15 is 0 Å². The van der Waals surface area contributed by atoms with E-state index in [9.17, 15) is 10.1 Å². The number of rotatable bonds is 9. The fourth-order valence-electron chi connectivity index (χ4n) is 3.20. The van der Waals surface area contributed by atoms with Crippen LogP contribution in [0.5, 0.6) is 11.5 Å². The molecule has 0 aliphatic heterocycles. The molecule has 2 atom stereocenters. The highest BCUT2D eigenvalue weighted by Crippen LogP contribution is 2.30. The minimum absolute atomic E-state index is 0.0901. The van der Waals surface area contributed by atoms with Gasteiger partial charge in [-0.05, 0) is 60.7 Å². The van der Waals surface area contributed by atoms with E-state index in [-0.39, 0.29) is 16.7 Å². The van der Waals surface area contributed by atoms with E-state index in [1.165, 1.54) is 11.6 Å². The zero-order valence-corrected chi connectivity index (χ0v) is 17.6. The van der Waals surface area contributed by atoms with Crippen LogP contribution in [0, 0.1) is 10.1 Å². The largest absolute Gasteiger partial charge is 0.490 e. The summed E-state index contributed by atoms with van der Waals surface area (Å²) in [5, 5.41) is 11.2. The number of hydrogen-bond acceptors (Lipinski definition) is 4. The van der Waals surface area contributed by atoms with Gasteiger partial charge < -0.3 is 9.47 Å². The first-order chi connectivity index (χ1) is 14.5. The predicted molar refractivity (Wildman–Crippen MR) is 119 cm³/mol. The second-order valence-corrected chi connectivity index (χ2v) is 7.42. The molecule has 156 valence electrons. The van der Waals surface area contributed by atoms with Crippen LogP contribution in [-0.2, 0) is 0 Å². The van der Waals surface area contributed by atoms with E-state index in [1.54, 1.807) is 18.2 Å². The molecule has 3 aromatic rings. The average molecular weight is 405 g/mol. The maximum absolute atomic E-state index is 11.2. The quantitative estimate of drug-likeness (QED) is 0.296. The highest BCUT2D eigenvalue weighted by atomic mass is 16.6. The van der Waals surface area contributed by atoms with E-state index in [2.05, 4.69) is 26.0 Å². The van der Waals surface area contributed by atoms with E-state index in [1.807, 2.05) is 43.3 Å². The Morgan fingerprint density at radius 2 is 1.53 bits per heavy atom. The van der Waals surface area contributed by atoms with Crippen molar-refractivity contribution >= 4 is 5.69 Å². The van der Waals surface area contributed by atoms with Crippen LogP contribution in [0.15, 0.2) is 72.8 Å². The molecular weight excluding hydrogens is 378 g/mol. The molecule has 2 unspecified atom stereocenters. The molecule has 0 spiro atoms. The third-order valence-corrected chi connectivity index (χ3v) is 5.15. The molecule has 5 heteroatoms. The average Bonchev–Trinajstić information content (AvgIpc) is 2.78.